The molecule has 0 unspecified atom stereocenters. The van der Waals surface area contributed by atoms with Gasteiger partial charge in [0.2, 0.25) is 0 Å². The van der Waals surface area contributed by atoms with E-state index < -0.39 is 5.60 Å². The molecule has 0 radical (unpaired) electrons. The summed E-state index contributed by atoms with van der Waals surface area (Å²) >= 11 is 0. The standard InChI is InChI=1S/C8H15N3O.C2H6/c1-4-9-10-7(2)11-5-8(3,12)6-11;1-2/h4,12H,5-6H2,1-3H3;1-2H3/b9-4-,10-7+;. The van der Waals surface area contributed by atoms with Crippen LogP contribution in [0.4, 0.5) is 0 Å². The van der Waals surface area contributed by atoms with Crippen LogP contribution in [0.15, 0.2) is 10.2 Å². The van der Waals surface area contributed by atoms with Gasteiger partial charge in [-0.1, -0.05) is 13.8 Å². The number of rotatable bonds is 1. The fourth-order valence-corrected chi connectivity index (χ4v) is 1.21. The quantitative estimate of drug-likeness (QED) is 0.395. The van der Waals surface area contributed by atoms with Gasteiger partial charge in [0.15, 0.2) is 0 Å². The van der Waals surface area contributed by atoms with Gasteiger partial charge in [0.05, 0.1) is 5.60 Å². The Morgan fingerprint density at radius 1 is 1.43 bits per heavy atom. The van der Waals surface area contributed by atoms with Crippen LogP contribution in [-0.4, -0.2) is 40.7 Å². The highest BCUT2D eigenvalue weighted by Crippen LogP contribution is 2.19. The molecule has 0 atom stereocenters. The molecule has 1 aliphatic rings. The van der Waals surface area contributed by atoms with Gasteiger partial charge in [-0.15, -0.1) is 5.10 Å². The lowest BCUT2D eigenvalue weighted by Crippen LogP contribution is -2.61. The third kappa shape index (κ3) is 3.87. The second kappa shape index (κ2) is 5.75. The molecule has 1 N–H and O–H groups in total. The highest BCUT2D eigenvalue weighted by atomic mass is 16.3. The highest BCUT2D eigenvalue weighted by molar-refractivity contribution is 5.81. The SMILES string of the molecule is C/C=N\N=C(/C)N1CC(C)(O)C1.CC. The lowest BCUT2D eigenvalue weighted by Gasteiger charge is -2.45. The van der Waals surface area contributed by atoms with Gasteiger partial charge in [0, 0.05) is 19.3 Å². The van der Waals surface area contributed by atoms with Crippen LogP contribution in [0.3, 0.4) is 0 Å². The van der Waals surface area contributed by atoms with Crippen molar-refractivity contribution >= 4 is 12.1 Å². The molecule has 1 aliphatic heterocycles. The summed E-state index contributed by atoms with van der Waals surface area (Å²) in [6, 6.07) is 0. The summed E-state index contributed by atoms with van der Waals surface area (Å²) in [7, 11) is 0. The number of hydrogen-bond acceptors (Lipinski definition) is 3. The normalized spacial score (nSPS) is 20.1. The molecule has 4 nitrogen and oxygen atoms in total. The molecular formula is C10H21N3O. The minimum atomic E-state index is -0.535. The summed E-state index contributed by atoms with van der Waals surface area (Å²) in [6.07, 6.45) is 1.64. The molecule has 1 fully saturated rings. The first kappa shape index (κ1) is 13.1. The van der Waals surface area contributed by atoms with Crippen molar-refractivity contribution in [2.45, 2.75) is 40.2 Å². The Morgan fingerprint density at radius 3 is 2.29 bits per heavy atom. The van der Waals surface area contributed by atoms with Gasteiger partial charge >= 0.3 is 0 Å². The Hall–Kier alpha value is -0.900. The molecule has 0 aromatic carbocycles. The first-order valence-electron chi connectivity index (χ1n) is 5.05. The average Bonchev–Trinajstić information content (AvgIpc) is 2.13. The van der Waals surface area contributed by atoms with E-state index in [1.54, 1.807) is 6.21 Å². The van der Waals surface area contributed by atoms with E-state index in [1.807, 2.05) is 39.5 Å². The van der Waals surface area contributed by atoms with E-state index in [9.17, 15) is 5.11 Å². The molecule has 0 aromatic heterocycles. The topological polar surface area (TPSA) is 48.2 Å². The molecular weight excluding hydrogens is 178 g/mol. The van der Waals surface area contributed by atoms with Crippen molar-refractivity contribution in [1.82, 2.24) is 4.90 Å². The zero-order chi connectivity index (χ0) is 11.2. The third-order valence-electron chi connectivity index (χ3n) is 1.84. The van der Waals surface area contributed by atoms with Crippen molar-refractivity contribution < 1.29 is 5.11 Å². The molecule has 0 bridgehead atoms. The van der Waals surface area contributed by atoms with Gasteiger partial charge in [0.25, 0.3) is 0 Å². The number of aliphatic hydroxyl groups is 1. The first-order valence-corrected chi connectivity index (χ1v) is 5.05. The molecule has 1 rings (SSSR count). The Bertz CT molecular complexity index is 213. The Labute approximate surface area is 86.3 Å². The van der Waals surface area contributed by atoms with Crippen LogP contribution in [0.25, 0.3) is 0 Å². The van der Waals surface area contributed by atoms with Crippen molar-refractivity contribution in [2.24, 2.45) is 10.2 Å². The van der Waals surface area contributed by atoms with E-state index in [0.717, 1.165) is 5.84 Å². The predicted octanol–water partition coefficient (Wildman–Crippen LogP) is 1.50. The van der Waals surface area contributed by atoms with E-state index in [-0.39, 0.29) is 0 Å². The van der Waals surface area contributed by atoms with Crippen LogP contribution in [0.5, 0.6) is 0 Å². The minimum absolute atomic E-state index is 0.535. The minimum Gasteiger partial charge on any atom is -0.386 e. The third-order valence-corrected chi connectivity index (χ3v) is 1.84. The lowest BCUT2D eigenvalue weighted by atomic mass is 9.97. The first-order chi connectivity index (χ1) is 6.55. The van der Waals surface area contributed by atoms with E-state index in [4.69, 9.17) is 0 Å². The van der Waals surface area contributed by atoms with Crippen molar-refractivity contribution in [2.75, 3.05) is 13.1 Å². The molecule has 0 aromatic rings. The molecule has 0 spiro atoms. The summed E-state index contributed by atoms with van der Waals surface area (Å²) in [5.41, 5.74) is -0.535. The summed E-state index contributed by atoms with van der Waals surface area (Å²) in [5.74, 6) is 0.861. The van der Waals surface area contributed by atoms with Gasteiger partial charge in [0.1, 0.15) is 5.84 Å². The zero-order valence-electron chi connectivity index (χ0n) is 9.78. The zero-order valence-corrected chi connectivity index (χ0v) is 9.78. The molecule has 0 aliphatic carbocycles. The largest absolute Gasteiger partial charge is 0.386 e. The smallest absolute Gasteiger partial charge is 0.124 e. The number of β-amino-alcohol motifs (C(OH)–C–C–N with tert-alkyl or cyclic N) is 1. The number of hydrogen-bond donors (Lipinski definition) is 1. The van der Waals surface area contributed by atoms with Gasteiger partial charge in [-0.3, -0.25) is 0 Å². The second-order valence-corrected chi connectivity index (χ2v) is 3.37. The van der Waals surface area contributed by atoms with E-state index in [2.05, 4.69) is 10.2 Å². The van der Waals surface area contributed by atoms with Crippen LogP contribution >= 0.6 is 0 Å². The Morgan fingerprint density at radius 2 is 1.93 bits per heavy atom. The predicted molar refractivity (Wildman–Crippen MR) is 60.8 cm³/mol. The van der Waals surface area contributed by atoms with E-state index in [1.165, 1.54) is 0 Å². The summed E-state index contributed by atoms with van der Waals surface area (Å²) in [5, 5.41) is 17.1. The Balaban J connectivity index is 0.000000791. The van der Waals surface area contributed by atoms with E-state index in [0.29, 0.717) is 13.1 Å². The fraction of sp³-hybridized carbons (Fsp3) is 0.800. The van der Waals surface area contributed by atoms with Crippen LogP contribution < -0.4 is 0 Å². The lowest BCUT2D eigenvalue weighted by molar-refractivity contribution is -0.0500. The van der Waals surface area contributed by atoms with Crippen molar-refractivity contribution in [3.8, 4) is 0 Å². The monoisotopic (exact) mass is 199 g/mol. The maximum Gasteiger partial charge on any atom is 0.124 e. The number of likely N-dealkylation sites (tertiary alicyclic amines) is 1. The summed E-state index contributed by atoms with van der Waals surface area (Å²) in [6.45, 7) is 10.8. The van der Waals surface area contributed by atoms with Crippen LogP contribution in [0.2, 0.25) is 0 Å². The summed E-state index contributed by atoms with van der Waals surface area (Å²) < 4.78 is 0. The van der Waals surface area contributed by atoms with Crippen molar-refractivity contribution in [3.05, 3.63) is 0 Å². The molecule has 14 heavy (non-hydrogen) atoms. The van der Waals surface area contributed by atoms with Gasteiger partial charge in [-0.2, -0.15) is 5.10 Å². The highest BCUT2D eigenvalue weighted by Gasteiger charge is 2.37. The maximum atomic E-state index is 9.42. The fourth-order valence-electron chi connectivity index (χ4n) is 1.21. The van der Waals surface area contributed by atoms with Gasteiger partial charge in [-0.05, 0) is 20.8 Å². The molecule has 1 saturated heterocycles. The molecule has 0 amide bonds. The van der Waals surface area contributed by atoms with Gasteiger partial charge < -0.3 is 10.0 Å². The molecule has 0 saturated carbocycles. The van der Waals surface area contributed by atoms with Crippen molar-refractivity contribution in [1.29, 1.82) is 0 Å². The van der Waals surface area contributed by atoms with Crippen LogP contribution in [-0.2, 0) is 0 Å². The molecule has 82 valence electrons. The molecule has 1 heterocycles. The summed E-state index contributed by atoms with van der Waals surface area (Å²) in [4.78, 5) is 1.99. The molecule has 4 heteroatoms. The van der Waals surface area contributed by atoms with Gasteiger partial charge in [-0.25, -0.2) is 0 Å². The van der Waals surface area contributed by atoms with Crippen LogP contribution in [0, 0.1) is 0 Å². The number of amidine groups is 1. The Kier molecular flexibility index (Phi) is 5.38. The van der Waals surface area contributed by atoms with E-state index >= 15 is 0 Å². The van der Waals surface area contributed by atoms with Crippen molar-refractivity contribution in [3.63, 3.8) is 0 Å². The second-order valence-electron chi connectivity index (χ2n) is 3.37. The maximum absolute atomic E-state index is 9.42. The van der Waals surface area contributed by atoms with Crippen LogP contribution in [0.1, 0.15) is 34.6 Å². The average molecular weight is 199 g/mol. The number of nitrogens with zero attached hydrogens (tertiary/aromatic N) is 3.